The first kappa shape index (κ1) is 11.6. The highest BCUT2D eigenvalue weighted by Gasteiger charge is 2.29. The van der Waals surface area contributed by atoms with Crippen molar-refractivity contribution in [2.75, 3.05) is 6.54 Å². The second-order valence-electron chi connectivity index (χ2n) is 5.33. The van der Waals surface area contributed by atoms with Crippen LogP contribution in [0.25, 0.3) is 10.8 Å². The largest absolute Gasteiger partial charge is 0.384 e. The number of benzene rings is 1. The maximum atomic E-state index is 10.7. The van der Waals surface area contributed by atoms with Gasteiger partial charge in [0.1, 0.15) is 0 Å². The van der Waals surface area contributed by atoms with Crippen molar-refractivity contribution in [3.05, 3.63) is 42.2 Å². The molecule has 2 aromatic rings. The van der Waals surface area contributed by atoms with Crippen LogP contribution in [0.3, 0.4) is 0 Å². The summed E-state index contributed by atoms with van der Waals surface area (Å²) in [5.41, 5.74) is 0.0896. The third-order valence-corrected chi connectivity index (χ3v) is 3.58. The Morgan fingerprint density at radius 3 is 3.00 bits per heavy atom. The van der Waals surface area contributed by atoms with Gasteiger partial charge in [-0.25, -0.2) is 0 Å². The van der Waals surface area contributed by atoms with Crippen molar-refractivity contribution in [2.24, 2.45) is 0 Å². The van der Waals surface area contributed by atoms with E-state index in [2.05, 4.69) is 10.3 Å². The molecule has 1 aliphatic rings. The standard InChI is InChI=1S/C15H18N2O/c1-15(18,10-17-12-5-6-12)14-4-2-3-11-7-8-16-9-13(11)14/h2-4,7-9,12,17-18H,5-6,10H2,1H3. The lowest BCUT2D eigenvalue weighted by molar-refractivity contribution is 0.0581. The zero-order chi connectivity index (χ0) is 12.6. The Morgan fingerprint density at radius 1 is 1.39 bits per heavy atom. The summed E-state index contributed by atoms with van der Waals surface area (Å²) in [6, 6.07) is 8.60. The Labute approximate surface area is 107 Å². The number of rotatable bonds is 4. The van der Waals surface area contributed by atoms with E-state index in [1.807, 2.05) is 37.4 Å². The van der Waals surface area contributed by atoms with Gasteiger partial charge in [0.05, 0.1) is 5.60 Å². The van der Waals surface area contributed by atoms with Gasteiger partial charge in [-0.2, -0.15) is 0 Å². The van der Waals surface area contributed by atoms with Crippen LogP contribution < -0.4 is 5.32 Å². The van der Waals surface area contributed by atoms with Crippen molar-refractivity contribution in [1.82, 2.24) is 10.3 Å². The molecule has 2 N–H and O–H groups in total. The number of hydrogen-bond donors (Lipinski definition) is 2. The predicted octanol–water partition coefficient (Wildman–Crippen LogP) is 2.19. The number of aliphatic hydroxyl groups is 1. The van der Waals surface area contributed by atoms with E-state index < -0.39 is 5.60 Å². The summed E-state index contributed by atoms with van der Waals surface area (Å²) in [4.78, 5) is 4.16. The molecule has 0 amide bonds. The Kier molecular flexibility index (Phi) is 2.80. The lowest BCUT2D eigenvalue weighted by atomic mass is 9.91. The molecule has 1 aromatic carbocycles. The van der Waals surface area contributed by atoms with Gasteiger partial charge in [0, 0.05) is 30.4 Å². The van der Waals surface area contributed by atoms with Crippen LogP contribution in [-0.4, -0.2) is 22.7 Å². The Hall–Kier alpha value is -1.45. The average molecular weight is 242 g/mol. The van der Waals surface area contributed by atoms with Crippen molar-refractivity contribution < 1.29 is 5.11 Å². The van der Waals surface area contributed by atoms with E-state index in [-0.39, 0.29) is 0 Å². The van der Waals surface area contributed by atoms with E-state index in [1.54, 1.807) is 6.20 Å². The van der Waals surface area contributed by atoms with Crippen LogP contribution in [0.1, 0.15) is 25.3 Å². The molecule has 1 fully saturated rings. The molecule has 1 saturated carbocycles. The van der Waals surface area contributed by atoms with Crippen LogP contribution in [0, 0.1) is 0 Å². The molecule has 3 heteroatoms. The maximum absolute atomic E-state index is 10.7. The first-order valence-corrected chi connectivity index (χ1v) is 6.46. The van der Waals surface area contributed by atoms with Crippen LogP contribution in [-0.2, 0) is 5.60 Å². The first-order chi connectivity index (χ1) is 8.67. The fourth-order valence-corrected chi connectivity index (χ4v) is 2.31. The van der Waals surface area contributed by atoms with E-state index in [1.165, 1.54) is 12.8 Å². The zero-order valence-electron chi connectivity index (χ0n) is 10.6. The molecule has 1 aliphatic carbocycles. The van der Waals surface area contributed by atoms with Crippen LogP contribution in [0.4, 0.5) is 0 Å². The van der Waals surface area contributed by atoms with Gasteiger partial charge in [-0.05, 0) is 36.8 Å². The molecule has 0 aliphatic heterocycles. The third kappa shape index (κ3) is 2.24. The molecule has 0 radical (unpaired) electrons. The normalized spacial score (nSPS) is 18.8. The second-order valence-corrected chi connectivity index (χ2v) is 5.33. The van der Waals surface area contributed by atoms with Crippen LogP contribution >= 0.6 is 0 Å². The summed E-state index contributed by atoms with van der Waals surface area (Å²) < 4.78 is 0. The van der Waals surface area contributed by atoms with Crippen molar-refractivity contribution in [3.63, 3.8) is 0 Å². The molecule has 1 aromatic heterocycles. The summed E-state index contributed by atoms with van der Waals surface area (Å²) in [6.45, 7) is 2.45. The molecule has 18 heavy (non-hydrogen) atoms. The number of aromatic nitrogens is 1. The summed E-state index contributed by atoms with van der Waals surface area (Å²) in [6.07, 6.45) is 6.07. The molecule has 1 unspecified atom stereocenters. The number of nitrogens with zero attached hydrogens (tertiary/aromatic N) is 1. The summed E-state index contributed by atoms with van der Waals surface area (Å²) in [5, 5.41) is 16.2. The van der Waals surface area contributed by atoms with Gasteiger partial charge in [0.25, 0.3) is 0 Å². The van der Waals surface area contributed by atoms with Gasteiger partial charge in [-0.15, -0.1) is 0 Å². The molecule has 0 saturated heterocycles. The number of hydrogen-bond acceptors (Lipinski definition) is 3. The SMILES string of the molecule is CC(O)(CNC1CC1)c1cccc2ccncc12. The lowest BCUT2D eigenvalue weighted by Crippen LogP contribution is -2.36. The monoisotopic (exact) mass is 242 g/mol. The smallest absolute Gasteiger partial charge is 0.0998 e. The molecule has 1 heterocycles. The molecule has 0 bridgehead atoms. The Morgan fingerprint density at radius 2 is 2.22 bits per heavy atom. The third-order valence-electron chi connectivity index (χ3n) is 3.58. The van der Waals surface area contributed by atoms with E-state index in [9.17, 15) is 5.11 Å². The van der Waals surface area contributed by atoms with E-state index in [0.717, 1.165) is 16.3 Å². The molecular weight excluding hydrogens is 224 g/mol. The fourth-order valence-electron chi connectivity index (χ4n) is 2.31. The summed E-state index contributed by atoms with van der Waals surface area (Å²) in [7, 11) is 0. The van der Waals surface area contributed by atoms with Crippen molar-refractivity contribution in [1.29, 1.82) is 0 Å². The van der Waals surface area contributed by atoms with Gasteiger partial charge in [-0.1, -0.05) is 18.2 Å². The summed E-state index contributed by atoms with van der Waals surface area (Å²) in [5.74, 6) is 0. The Balaban J connectivity index is 1.95. The van der Waals surface area contributed by atoms with Gasteiger partial charge in [0.15, 0.2) is 0 Å². The first-order valence-electron chi connectivity index (χ1n) is 6.46. The Bertz CT molecular complexity index is 556. The van der Waals surface area contributed by atoms with Gasteiger partial charge in [-0.3, -0.25) is 4.98 Å². The van der Waals surface area contributed by atoms with Crippen LogP contribution in [0.2, 0.25) is 0 Å². The minimum atomic E-state index is -0.856. The van der Waals surface area contributed by atoms with Gasteiger partial charge in [0.2, 0.25) is 0 Å². The molecule has 3 nitrogen and oxygen atoms in total. The molecule has 94 valence electrons. The number of fused-ring (bicyclic) bond motifs is 1. The molecular formula is C15H18N2O. The van der Waals surface area contributed by atoms with Gasteiger partial charge < -0.3 is 10.4 Å². The quantitative estimate of drug-likeness (QED) is 0.864. The molecule has 3 rings (SSSR count). The highest BCUT2D eigenvalue weighted by molar-refractivity contribution is 5.85. The number of nitrogens with one attached hydrogen (secondary N) is 1. The minimum Gasteiger partial charge on any atom is -0.384 e. The molecule has 1 atom stereocenters. The number of pyridine rings is 1. The predicted molar refractivity (Wildman–Crippen MR) is 72.3 cm³/mol. The van der Waals surface area contributed by atoms with Crippen molar-refractivity contribution >= 4 is 10.8 Å². The highest BCUT2D eigenvalue weighted by atomic mass is 16.3. The minimum absolute atomic E-state index is 0.589. The summed E-state index contributed by atoms with van der Waals surface area (Å²) >= 11 is 0. The average Bonchev–Trinajstić information content (AvgIpc) is 3.20. The van der Waals surface area contributed by atoms with Gasteiger partial charge >= 0.3 is 0 Å². The maximum Gasteiger partial charge on any atom is 0.0998 e. The van der Waals surface area contributed by atoms with E-state index in [4.69, 9.17) is 0 Å². The highest BCUT2D eigenvalue weighted by Crippen LogP contribution is 2.29. The van der Waals surface area contributed by atoms with Crippen molar-refractivity contribution in [3.8, 4) is 0 Å². The van der Waals surface area contributed by atoms with Crippen LogP contribution in [0.5, 0.6) is 0 Å². The lowest BCUT2D eigenvalue weighted by Gasteiger charge is -2.25. The fraction of sp³-hybridized carbons (Fsp3) is 0.400. The van der Waals surface area contributed by atoms with Crippen LogP contribution in [0.15, 0.2) is 36.7 Å². The second kappa shape index (κ2) is 4.34. The zero-order valence-corrected chi connectivity index (χ0v) is 10.6. The molecule has 0 spiro atoms. The van der Waals surface area contributed by atoms with E-state index >= 15 is 0 Å². The topological polar surface area (TPSA) is 45.1 Å². The van der Waals surface area contributed by atoms with Crippen molar-refractivity contribution in [2.45, 2.75) is 31.4 Å². The van der Waals surface area contributed by atoms with E-state index in [0.29, 0.717) is 12.6 Å².